The molecule has 0 unspecified atom stereocenters. The summed E-state index contributed by atoms with van der Waals surface area (Å²) in [6.07, 6.45) is -0.380. The van der Waals surface area contributed by atoms with Crippen LogP contribution in [0.5, 0.6) is 0 Å². The highest BCUT2D eigenvalue weighted by Crippen LogP contribution is 2.41. The van der Waals surface area contributed by atoms with Crippen molar-refractivity contribution in [1.29, 1.82) is 0 Å². The molecule has 1 heterocycles. The molecule has 8 nitrogen and oxygen atoms in total. The first-order valence-corrected chi connectivity index (χ1v) is 12.7. The van der Waals surface area contributed by atoms with Crippen LogP contribution >= 0.6 is 11.6 Å². The van der Waals surface area contributed by atoms with Crippen LogP contribution in [-0.4, -0.2) is 54.3 Å². The smallest absolute Gasteiger partial charge is 0.419 e. The van der Waals surface area contributed by atoms with Gasteiger partial charge in [-0.15, -0.1) is 0 Å². The average Bonchev–Trinajstić information content (AvgIpc) is 2.85. The predicted octanol–water partition coefficient (Wildman–Crippen LogP) is 7.02. The second-order valence-electron chi connectivity index (χ2n) is 11.0. The summed E-state index contributed by atoms with van der Waals surface area (Å²) in [6, 6.07) is 12.9. The Bertz CT molecular complexity index is 1140. The second kappa shape index (κ2) is 11.0. The van der Waals surface area contributed by atoms with Crippen molar-refractivity contribution in [3.05, 3.63) is 53.1 Å². The zero-order chi connectivity index (χ0) is 27.5. The van der Waals surface area contributed by atoms with Crippen LogP contribution in [0.25, 0.3) is 0 Å². The number of nitrogens with zero attached hydrogens (tertiary/aromatic N) is 3. The highest BCUT2D eigenvalue weighted by atomic mass is 35.5. The van der Waals surface area contributed by atoms with Crippen molar-refractivity contribution in [2.24, 2.45) is 0 Å². The fourth-order valence-electron chi connectivity index (χ4n) is 3.98. The van der Waals surface area contributed by atoms with Crippen LogP contribution in [-0.2, 0) is 9.47 Å². The zero-order valence-electron chi connectivity index (χ0n) is 22.6. The Morgan fingerprint density at radius 3 is 2.00 bits per heavy atom. The second-order valence-corrected chi connectivity index (χ2v) is 11.4. The van der Waals surface area contributed by atoms with Crippen LogP contribution < -0.4 is 9.80 Å². The van der Waals surface area contributed by atoms with Gasteiger partial charge in [0.1, 0.15) is 11.2 Å². The summed E-state index contributed by atoms with van der Waals surface area (Å²) in [5, 5.41) is 0.527. The van der Waals surface area contributed by atoms with Crippen LogP contribution in [0.4, 0.5) is 26.7 Å². The van der Waals surface area contributed by atoms with E-state index in [0.717, 1.165) is 16.3 Å². The standard InChI is InChI=1S/C28H36ClN3O5/c1-27(2,3)36-25(34)32(26(35)37-28(4,5)6)17-11-10-16-31-22-13-9-8-12-21(22)30(7)24(33)20-15-14-19(29)18-23(20)31/h8-9,12-15,18H,10-11,16-17H2,1-7H3. The molecule has 0 aromatic heterocycles. The number of ether oxygens (including phenoxy) is 2. The molecule has 37 heavy (non-hydrogen) atoms. The molecule has 0 N–H and O–H groups in total. The van der Waals surface area contributed by atoms with E-state index < -0.39 is 23.4 Å². The lowest BCUT2D eigenvalue weighted by molar-refractivity contribution is 0.00122. The molecule has 2 aromatic rings. The largest absolute Gasteiger partial charge is 0.443 e. The van der Waals surface area contributed by atoms with Crippen LogP contribution in [0, 0.1) is 0 Å². The lowest BCUT2D eigenvalue weighted by atomic mass is 10.1. The van der Waals surface area contributed by atoms with Crippen molar-refractivity contribution in [2.75, 3.05) is 29.9 Å². The van der Waals surface area contributed by atoms with Gasteiger partial charge in [0.2, 0.25) is 0 Å². The highest BCUT2D eigenvalue weighted by molar-refractivity contribution is 6.31. The Labute approximate surface area is 224 Å². The molecular formula is C28H36ClN3O5. The van der Waals surface area contributed by atoms with Gasteiger partial charge < -0.3 is 19.3 Å². The van der Waals surface area contributed by atoms with Crippen LogP contribution in [0.15, 0.2) is 42.5 Å². The van der Waals surface area contributed by atoms with Crippen LogP contribution in [0.3, 0.4) is 0 Å². The number of amides is 3. The Balaban J connectivity index is 1.82. The van der Waals surface area contributed by atoms with E-state index >= 15 is 0 Å². The molecular weight excluding hydrogens is 494 g/mol. The third kappa shape index (κ3) is 7.16. The number of carbonyl (C=O) groups is 3. The molecule has 2 aromatic carbocycles. The zero-order valence-corrected chi connectivity index (χ0v) is 23.4. The number of halogens is 1. The van der Waals surface area contributed by atoms with E-state index in [1.807, 2.05) is 24.3 Å². The lowest BCUT2D eigenvalue weighted by Gasteiger charge is -2.29. The van der Waals surface area contributed by atoms with Gasteiger partial charge in [-0.2, -0.15) is 0 Å². The summed E-state index contributed by atoms with van der Waals surface area (Å²) in [5.41, 5.74) is 1.40. The van der Waals surface area contributed by atoms with Crippen molar-refractivity contribution in [3.8, 4) is 0 Å². The molecule has 0 saturated carbocycles. The Hall–Kier alpha value is -3.26. The number of benzene rings is 2. The summed E-state index contributed by atoms with van der Waals surface area (Å²) < 4.78 is 10.9. The molecule has 3 rings (SSSR count). The molecule has 0 aliphatic carbocycles. The number of para-hydroxylation sites is 2. The van der Waals surface area contributed by atoms with Gasteiger partial charge in [-0.25, -0.2) is 14.5 Å². The van der Waals surface area contributed by atoms with E-state index in [4.69, 9.17) is 21.1 Å². The maximum absolute atomic E-state index is 13.2. The number of imide groups is 1. The third-order valence-electron chi connectivity index (χ3n) is 5.56. The maximum Gasteiger partial charge on any atom is 0.419 e. The van der Waals surface area contributed by atoms with Crippen LogP contribution in [0.2, 0.25) is 5.02 Å². The fraction of sp³-hybridized carbons (Fsp3) is 0.464. The fourth-order valence-corrected chi connectivity index (χ4v) is 4.14. The topological polar surface area (TPSA) is 79.4 Å². The van der Waals surface area contributed by atoms with Gasteiger partial charge in [-0.1, -0.05) is 23.7 Å². The van der Waals surface area contributed by atoms with Gasteiger partial charge in [-0.05, 0) is 84.7 Å². The number of unbranched alkanes of at least 4 members (excludes halogenated alkanes) is 1. The normalized spacial score (nSPS) is 13.5. The minimum Gasteiger partial charge on any atom is -0.443 e. The van der Waals surface area contributed by atoms with E-state index in [1.54, 1.807) is 71.7 Å². The number of fused-ring (bicyclic) bond motifs is 2. The Morgan fingerprint density at radius 2 is 1.43 bits per heavy atom. The van der Waals surface area contributed by atoms with Gasteiger partial charge in [0, 0.05) is 25.2 Å². The molecule has 0 fully saturated rings. The van der Waals surface area contributed by atoms with E-state index in [9.17, 15) is 14.4 Å². The Morgan fingerprint density at radius 1 is 0.865 bits per heavy atom. The SMILES string of the molecule is CN1C(=O)c2ccc(Cl)cc2N(CCCCN(C(=O)OC(C)(C)C)C(=O)OC(C)(C)C)c2ccccc21. The molecule has 1 aliphatic rings. The van der Waals surface area contributed by atoms with E-state index in [2.05, 4.69) is 4.90 Å². The Kier molecular flexibility index (Phi) is 8.42. The van der Waals surface area contributed by atoms with Crippen molar-refractivity contribution in [1.82, 2.24) is 4.90 Å². The molecule has 3 amide bonds. The van der Waals surface area contributed by atoms with Gasteiger partial charge in [-0.3, -0.25) is 4.79 Å². The predicted molar refractivity (Wildman–Crippen MR) is 146 cm³/mol. The van der Waals surface area contributed by atoms with Crippen molar-refractivity contribution in [2.45, 2.75) is 65.6 Å². The minimum atomic E-state index is -0.755. The maximum atomic E-state index is 13.2. The monoisotopic (exact) mass is 529 g/mol. The summed E-state index contributed by atoms with van der Waals surface area (Å²) in [6.45, 7) is 11.1. The third-order valence-corrected chi connectivity index (χ3v) is 5.80. The van der Waals surface area contributed by atoms with E-state index in [1.165, 1.54) is 0 Å². The number of hydrogen-bond donors (Lipinski definition) is 0. The highest BCUT2D eigenvalue weighted by Gasteiger charge is 2.32. The van der Waals surface area contributed by atoms with Gasteiger partial charge >= 0.3 is 12.2 Å². The molecule has 200 valence electrons. The molecule has 0 atom stereocenters. The quantitative estimate of drug-likeness (QED) is 0.387. The lowest BCUT2D eigenvalue weighted by Crippen LogP contribution is -2.44. The van der Waals surface area contributed by atoms with Crippen molar-refractivity contribution < 1.29 is 23.9 Å². The van der Waals surface area contributed by atoms with Gasteiger partial charge in [0.05, 0.1) is 22.6 Å². The van der Waals surface area contributed by atoms with Crippen LogP contribution in [0.1, 0.15) is 64.7 Å². The minimum absolute atomic E-state index is 0.123. The molecule has 0 saturated heterocycles. The number of rotatable bonds is 5. The molecule has 1 aliphatic heterocycles. The number of hydrogen-bond acceptors (Lipinski definition) is 6. The first kappa shape index (κ1) is 28.3. The first-order valence-electron chi connectivity index (χ1n) is 12.4. The summed E-state index contributed by atoms with van der Waals surface area (Å²) >= 11 is 6.32. The summed E-state index contributed by atoms with van der Waals surface area (Å²) in [5.74, 6) is -0.123. The van der Waals surface area contributed by atoms with Gasteiger partial charge in [0.25, 0.3) is 5.91 Å². The summed E-state index contributed by atoms with van der Waals surface area (Å²) in [7, 11) is 1.75. The molecule has 0 spiro atoms. The van der Waals surface area contributed by atoms with E-state index in [0.29, 0.717) is 35.7 Å². The summed E-state index contributed by atoms with van der Waals surface area (Å²) in [4.78, 5) is 43.5. The van der Waals surface area contributed by atoms with Crippen molar-refractivity contribution >= 4 is 46.8 Å². The molecule has 0 radical (unpaired) electrons. The van der Waals surface area contributed by atoms with Crippen molar-refractivity contribution in [3.63, 3.8) is 0 Å². The molecule has 9 heteroatoms. The van der Waals surface area contributed by atoms with Gasteiger partial charge in [0.15, 0.2) is 0 Å². The molecule has 0 bridgehead atoms. The average molecular weight is 530 g/mol. The number of anilines is 3. The number of carbonyl (C=O) groups excluding carboxylic acids is 3. The van der Waals surface area contributed by atoms with E-state index in [-0.39, 0.29) is 12.5 Å². The first-order chi connectivity index (χ1) is 17.2.